The molecule has 2 aromatic rings. The highest BCUT2D eigenvalue weighted by Gasteiger charge is 2.18. The SMILES string of the molecule is COc1ccc(-c2nc(CCNC(=O)CC3CCCO3)co2)cc1. The van der Waals surface area contributed by atoms with E-state index >= 15 is 0 Å². The van der Waals surface area contributed by atoms with Gasteiger partial charge in [-0.2, -0.15) is 0 Å². The van der Waals surface area contributed by atoms with Crippen molar-refractivity contribution in [3.63, 3.8) is 0 Å². The maximum absolute atomic E-state index is 11.8. The Bertz CT molecular complexity index is 660. The average Bonchev–Trinajstić information content (AvgIpc) is 3.27. The van der Waals surface area contributed by atoms with E-state index in [1.165, 1.54) is 0 Å². The van der Waals surface area contributed by atoms with Crippen molar-refractivity contribution in [1.29, 1.82) is 0 Å². The van der Waals surface area contributed by atoms with Gasteiger partial charge in [-0.15, -0.1) is 0 Å². The Hall–Kier alpha value is -2.34. The van der Waals surface area contributed by atoms with Gasteiger partial charge in [-0.05, 0) is 37.1 Å². The van der Waals surface area contributed by atoms with Gasteiger partial charge in [0.1, 0.15) is 12.0 Å². The second-order valence-corrected chi connectivity index (χ2v) is 5.81. The lowest BCUT2D eigenvalue weighted by molar-refractivity contribution is -0.123. The molecule has 1 amide bonds. The number of nitrogens with zero attached hydrogens (tertiary/aromatic N) is 1. The third-order valence-electron chi connectivity index (χ3n) is 4.03. The van der Waals surface area contributed by atoms with Gasteiger partial charge in [0.25, 0.3) is 0 Å². The molecular formula is C18H22N2O4. The van der Waals surface area contributed by atoms with E-state index in [0.717, 1.165) is 36.5 Å². The first-order valence-electron chi connectivity index (χ1n) is 8.22. The number of nitrogens with one attached hydrogen (secondary N) is 1. The summed E-state index contributed by atoms with van der Waals surface area (Å²) >= 11 is 0. The second-order valence-electron chi connectivity index (χ2n) is 5.81. The number of aromatic nitrogens is 1. The summed E-state index contributed by atoms with van der Waals surface area (Å²) in [5.74, 6) is 1.39. The van der Waals surface area contributed by atoms with Crippen LogP contribution in [0.15, 0.2) is 34.9 Å². The number of hydrogen-bond donors (Lipinski definition) is 1. The highest BCUT2D eigenvalue weighted by atomic mass is 16.5. The van der Waals surface area contributed by atoms with Crippen molar-refractivity contribution in [2.75, 3.05) is 20.3 Å². The van der Waals surface area contributed by atoms with E-state index in [-0.39, 0.29) is 12.0 Å². The Balaban J connectivity index is 1.46. The summed E-state index contributed by atoms with van der Waals surface area (Å²) in [6, 6.07) is 7.53. The van der Waals surface area contributed by atoms with Gasteiger partial charge in [0.05, 0.1) is 25.3 Å². The lowest BCUT2D eigenvalue weighted by Gasteiger charge is -2.09. The van der Waals surface area contributed by atoms with Crippen molar-refractivity contribution < 1.29 is 18.7 Å². The van der Waals surface area contributed by atoms with Crippen LogP contribution >= 0.6 is 0 Å². The first-order valence-corrected chi connectivity index (χ1v) is 8.22. The molecule has 0 saturated carbocycles. The zero-order valence-corrected chi connectivity index (χ0v) is 13.8. The number of benzene rings is 1. The van der Waals surface area contributed by atoms with Crippen LogP contribution in [0.1, 0.15) is 25.0 Å². The Morgan fingerprint density at radius 2 is 2.21 bits per heavy atom. The normalized spacial score (nSPS) is 17.0. The molecule has 1 N–H and O–H groups in total. The van der Waals surface area contributed by atoms with Gasteiger partial charge in [-0.25, -0.2) is 4.98 Å². The van der Waals surface area contributed by atoms with E-state index < -0.39 is 0 Å². The summed E-state index contributed by atoms with van der Waals surface area (Å²) in [6.45, 7) is 1.31. The molecule has 1 unspecified atom stereocenters. The molecule has 6 heteroatoms. The van der Waals surface area contributed by atoms with Gasteiger partial charge in [0.15, 0.2) is 0 Å². The summed E-state index contributed by atoms with van der Waals surface area (Å²) in [5, 5.41) is 2.91. The predicted molar refractivity (Wildman–Crippen MR) is 88.8 cm³/mol. The number of ether oxygens (including phenoxy) is 2. The number of methoxy groups -OCH3 is 1. The highest BCUT2D eigenvalue weighted by Crippen LogP contribution is 2.21. The van der Waals surface area contributed by atoms with E-state index in [0.29, 0.717) is 25.3 Å². The van der Waals surface area contributed by atoms with Gasteiger partial charge >= 0.3 is 0 Å². The third kappa shape index (κ3) is 4.35. The van der Waals surface area contributed by atoms with Gasteiger partial charge in [-0.3, -0.25) is 4.79 Å². The van der Waals surface area contributed by atoms with Crippen molar-refractivity contribution >= 4 is 5.91 Å². The van der Waals surface area contributed by atoms with Crippen LogP contribution in [0.5, 0.6) is 5.75 Å². The zero-order valence-electron chi connectivity index (χ0n) is 13.8. The lowest BCUT2D eigenvalue weighted by atomic mass is 10.2. The van der Waals surface area contributed by atoms with Crippen LogP contribution in [-0.4, -0.2) is 37.3 Å². The minimum absolute atomic E-state index is 0.0285. The Morgan fingerprint density at radius 3 is 2.92 bits per heavy atom. The topological polar surface area (TPSA) is 73.6 Å². The van der Waals surface area contributed by atoms with E-state index in [1.54, 1.807) is 13.4 Å². The van der Waals surface area contributed by atoms with Gasteiger partial charge in [0.2, 0.25) is 11.8 Å². The number of carbonyl (C=O) groups excluding carboxylic acids is 1. The van der Waals surface area contributed by atoms with Crippen LogP contribution < -0.4 is 10.1 Å². The summed E-state index contributed by atoms with van der Waals surface area (Å²) in [4.78, 5) is 16.3. The van der Waals surface area contributed by atoms with E-state index in [4.69, 9.17) is 13.9 Å². The largest absolute Gasteiger partial charge is 0.497 e. The monoisotopic (exact) mass is 330 g/mol. The maximum Gasteiger partial charge on any atom is 0.226 e. The number of oxazole rings is 1. The quantitative estimate of drug-likeness (QED) is 0.844. The number of hydrogen-bond acceptors (Lipinski definition) is 5. The molecule has 24 heavy (non-hydrogen) atoms. The van der Waals surface area contributed by atoms with Gasteiger partial charge < -0.3 is 19.2 Å². The molecule has 1 saturated heterocycles. The summed E-state index contributed by atoms with van der Waals surface area (Å²) in [7, 11) is 1.63. The average molecular weight is 330 g/mol. The molecule has 128 valence electrons. The second kappa shape index (κ2) is 7.97. The lowest BCUT2D eigenvalue weighted by Crippen LogP contribution is -2.29. The molecule has 3 rings (SSSR count). The van der Waals surface area contributed by atoms with Gasteiger partial charge in [0, 0.05) is 25.1 Å². The summed E-state index contributed by atoms with van der Waals surface area (Å²) in [6.07, 6.45) is 4.81. The fourth-order valence-corrected chi connectivity index (χ4v) is 2.70. The van der Waals surface area contributed by atoms with Crippen LogP contribution in [0.2, 0.25) is 0 Å². The molecule has 1 fully saturated rings. The fourth-order valence-electron chi connectivity index (χ4n) is 2.70. The van der Waals surface area contributed by atoms with Crippen molar-refractivity contribution in [1.82, 2.24) is 10.3 Å². The maximum atomic E-state index is 11.8. The molecular weight excluding hydrogens is 308 g/mol. The number of amides is 1. The van der Waals surface area contributed by atoms with E-state index in [2.05, 4.69) is 10.3 Å². The molecule has 0 radical (unpaired) electrons. The number of carbonyl (C=O) groups is 1. The predicted octanol–water partition coefficient (Wildman–Crippen LogP) is 2.58. The molecule has 0 bridgehead atoms. The minimum atomic E-state index is 0.0285. The molecule has 0 aliphatic carbocycles. The van der Waals surface area contributed by atoms with Crippen LogP contribution in [0, 0.1) is 0 Å². The smallest absolute Gasteiger partial charge is 0.226 e. The van der Waals surface area contributed by atoms with E-state index in [1.807, 2.05) is 24.3 Å². The molecule has 2 heterocycles. The summed E-state index contributed by atoms with van der Waals surface area (Å²) in [5.41, 5.74) is 1.71. The van der Waals surface area contributed by atoms with Crippen molar-refractivity contribution in [2.24, 2.45) is 0 Å². The van der Waals surface area contributed by atoms with E-state index in [9.17, 15) is 4.79 Å². The zero-order chi connectivity index (χ0) is 16.8. The summed E-state index contributed by atoms with van der Waals surface area (Å²) < 4.78 is 16.1. The van der Waals surface area contributed by atoms with Crippen molar-refractivity contribution in [3.05, 3.63) is 36.2 Å². The third-order valence-corrected chi connectivity index (χ3v) is 4.03. The van der Waals surface area contributed by atoms with Crippen molar-refractivity contribution in [3.8, 4) is 17.2 Å². The highest BCUT2D eigenvalue weighted by molar-refractivity contribution is 5.76. The number of rotatable bonds is 7. The van der Waals surface area contributed by atoms with Crippen LogP contribution in [0.4, 0.5) is 0 Å². The molecule has 1 aromatic heterocycles. The first-order chi connectivity index (χ1) is 11.7. The standard InChI is InChI=1S/C18H22N2O4/c1-22-15-6-4-13(5-7-15)18-20-14(12-24-18)8-9-19-17(21)11-16-3-2-10-23-16/h4-7,12,16H,2-3,8-11H2,1H3,(H,19,21). The molecule has 1 aromatic carbocycles. The minimum Gasteiger partial charge on any atom is -0.497 e. The van der Waals surface area contributed by atoms with Crippen molar-refractivity contribution in [2.45, 2.75) is 31.8 Å². The van der Waals surface area contributed by atoms with Gasteiger partial charge in [-0.1, -0.05) is 0 Å². The van der Waals surface area contributed by atoms with Crippen LogP contribution in [0.25, 0.3) is 11.5 Å². The molecule has 6 nitrogen and oxygen atoms in total. The first kappa shape index (κ1) is 16.5. The molecule has 1 aliphatic heterocycles. The fraction of sp³-hybridized carbons (Fsp3) is 0.444. The Labute approximate surface area is 141 Å². The Kier molecular flexibility index (Phi) is 5.48. The molecule has 1 aliphatic rings. The van der Waals surface area contributed by atoms with Crippen LogP contribution in [0.3, 0.4) is 0 Å². The molecule has 0 spiro atoms. The molecule has 1 atom stereocenters. The Morgan fingerprint density at radius 1 is 1.38 bits per heavy atom. The van der Waals surface area contributed by atoms with Crippen LogP contribution in [-0.2, 0) is 16.0 Å².